The minimum Gasteiger partial charge on any atom is -0.455 e. The molecule has 0 fully saturated rings. The highest BCUT2D eigenvalue weighted by atomic mass is 16.3. The summed E-state index contributed by atoms with van der Waals surface area (Å²) in [7, 11) is 0. The molecule has 10 heterocycles. The third kappa shape index (κ3) is 5.46. The van der Waals surface area contributed by atoms with Crippen LogP contribution in [0, 0.1) is 0 Å². The topological polar surface area (TPSA) is 68.4 Å². The van der Waals surface area contributed by atoms with Crippen LogP contribution in [-0.4, -0.2) is 32.9 Å². The van der Waals surface area contributed by atoms with Crippen molar-refractivity contribution in [1.29, 1.82) is 0 Å². The van der Waals surface area contributed by atoms with Crippen molar-refractivity contribution in [1.82, 2.24) is 18.9 Å². The van der Waals surface area contributed by atoms with E-state index in [0.29, 0.717) is 0 Å². The van der Waals surface area contributed by atoms with Gasteiger partial charge in [0.2, 0.25) is 0 Å². The molecule has 0 bridgehead atoms. The van der Waals surface area contributed by atoms with E-state index in [-0.39, 0.29) is 14.0 Å². The van der Waals surface area contributed by atoms with Crippen LogP contribution < -0.4 is 20.5 Å². The lowest BCUT2D eigenvalue weighted by atomic mass is 9.60. The molecule has 8 nitrogen and oxygen atoms in total. The van der Waals surface area contributed by atoms with Gasteiger partial charge in [0.25, 0.3) is 0 Å². The minimum atomic E-state index is 0.0285. The number of rotatable bonds is 2. The molecule has 0 aliphatic carbocycles. The fourth-order valence-corrected chi connectivity index (χ4v) is 14.5. The van der Waals surface area contributed by atoms with Gasteiger partial charge in [-0.3, -0.25) is 9.97 Å². The number of hydrogen-bond acceptors (Lipinski definition) is 6. The molecule has 0 saturated heterocycles. The van der Waals surface area contributed by atoms with Gasteiger partial charge < -0.3 is 27.4 Å². The van der Waals surface area contributed by atoms with Crippen LogP contribution in [0.1, 0.15) is 0 Å². The number of para-hydroxylation sites is 6. The van der Waals surface area contributed by atoms with E-state index in [9.17, 15) is 0 Å². The Morgan fingerprint density at radius 3 is 1.49 bits per heavy atom. The van der Waals surface area contributed by atoms with Crippen LogP contribution in [0.3, 0.4) is 0 Å². The molecule has 0 saturated carbocycles. The average Bonchev–Trinajstić information content (AvgIpc) is 3.97. The lowest BCUT2D eigenvalue weighted by molar-refractivity contribution is 0.669. The van der Waals surface area contributed by atoms with E-state index < -0.39 is 0 Å². The van der Waals surface area contributed by atoms with Crippen LogP contribution in [0.2, 0.25) is 0 Å². The summed E-state index contributed by atoms with van der Waals surface area (Å²) in [5.74, 6) is 0. The lowest BCUT2D eigenvalue weighted by Gasteiger charge is -2.35. The van der Waals surface area contributed by atoms with Crippen molar-refractivity contribution in [3.63, 3.8) is 0 Å². The number of aromatic nitrogens is 4. The predicted molar refractivity (Wildman–Crippen MR) is 330 cm³/mol. The second kappa shape index (κ2) is 15.6. The summed E-state index contributed by atoms with van der Waals surface area (Å²) in [5.41, 5.74) is 25.8. The largest absolute Gasteiger partial charge is 0.455 e. The molecule has 10 heteroatoms. The van der Waals surface area contributed by atoms with Gasteiger partial charge in [-0.1, -0.05) is 158 Å². The van der Waals surface area contributed by atoms with Crippen molar-refractivity contribution in [2.45, 2.75) is 0 Å². The molecule has 6 aromatic heterocycles. The molecule has 0 spiro atoms. The summed E-state index contributed by atoms with van der Waals surface area (Å²) in [6.07, 6.45) is 7.83. The van der Waals surface area contributed by atoms with Crippen LogP contribution in [0.4, 0.5) is 22.7 Å². The molecule has 0 unspecified atom stereocenters. The van der Waals surface area contributed by atoms with Crippen LogP contribution in [0.25, 0.3) is 132 Å². The first-order valence-electron chi connectivity index (χ1n) is 27.3. The monoisotopic (exact) mass is 1020 g/mol. The van der Waals surface area contributed by atoms with Crippen LogP contribution in [0.5, 0.6) is 0 Å². The first-order chi connectivity index (χ1) is 39.7. The van der Waals surface area contributed by atoms with E-state index in [1.807, 2.05) is 49.1 Å². The molecule has 0 radical (unpaired) electrons. The zero-order chi connectivity index (χ0) is 51.9. The smallest absolute Gasteiger partial charge is 0.421 e. The number of fused-ring (bicyclic) bond motifs is 28. The van der Waals surface area contributed by atoms with Crippen molar-refractivity contribution in [2.75, 3.05) is 9.62 Å². The second-order valence-electron chi connectivity index (χ2n) is 21.6. The Balaban J connectivity index is 0.000000120. The van der Waals surface area contributed by atoms with Gasteiger partial charge in [-0.25, -0.2) is 0 Å². The average molecular weight is 1020 g/mol. The maximum absolute atomic E-state index is 6.48. The first kappa shape index (κ1) is 42.5. The highest BCUT2D eigenvalue weighted by molar-refractivity contribution is 6.83. The van der Waals surface area contributed by atoms with Crippen LogP contribution in [0.15, 0.2) is 252 Å². The number of nitrogens with zero attached hydrogens (tertiary/aromatic N) is 6. The second-order valence-corrected chi connectivity index (χ2v) is 21.6. The predicted octanol–water partition coefficient (Wildman–Crippen LogP) is 16.3. The zero-order valence-electron chi connectivity index (χ0n) is 42.7. The van der Waals surface area contributed by atoms with Crippen molar-refractivity contribution in [3.8, 4) is 44.5 Å². The maximum atomic E-state index is 6.48. The molecule has 20 rings (SSSR count). The fourth-order valence-electron chi connectivity index (χ4n) is 14.5. The molecule has 0 amide bonds. The summed E-state index contributed by atoms with van der Waals surface area (Å²) in [5, 5.41) is 9.44. The van der Waals surface area contributed by atoms with Gasteiger partial charge in [0.1, 0.15) is 22.3 Å². The van der Waals surface area contributed by atoms with E-state index in [1.165, 1.54) is 99.5 Å². The number of benzene rings is 10. The quantitative estimate of drug-likeness (QED) is 0.161. The van der Waals surface area contributed by atoms with Crippen molar-refractivity contribution < 1.29 is 8.83 Å². The molecule has 0 N–H and O–H groups in total. The Kier molecular flexibility index (Phi) is 8.27. The van der Waals surface area contributed by atoms with E-state index in [4.69, 9.17) is 8.83 Å². The molecule has 16 aromatic rings. The van der Waals surface area contributed by atoms with Crippen molar-refractivity contribution in [2.24, 2.45) is 0 Å². The number of pyridine rings is 2. The molecule has 368 valence electrons. The van der Waals surface area contributed by atoms with E-state index in [0.717, 1.165) is 66.1 Å². The zero-order valence-corrected chi connectivity index (χ0v) is 42.7. The molecule has 10 aromatic carbocycles. The van der Waals surface area contributed by atoms with Crippen molar-refractivity contribution >= 4 is 135 Å². The Hall–Kier alpha value is -10.6. The van der Waals surface area contributed by atoms with Gasteiger partial charge in [-0.2, -0.15) is 0 Å². The van der Waals surface area contributed by atoms with Crippen LogP contribution in [-0.2, 0) is 0 Å². The molecular weight excluding hydrogens is 978 g/mol. The van der Waals surface area contributed by atoms with E-state index in [2.05, 4.69) is 223 Å². The first-order valence-corrected chi connectivity index (χ1v) is 27.3. The Bertz CT molecular complexity index is 5400. The fraction of sp³-hybridized carbons (Fsp3) is 0. The van der Waals surface area contributed by atoms with Gasteiger partial charge >= 0.3 is 14.0 Å². The Morgan fingerprint density at radius 2 is 0.800 bits per heavy atom. The molecule has 4 aliphatic heterocycles. The Labute approximate surface area is 457 Å². The maximum Gasteiger partial charge on any atom is 0.421 e. The van der Waals surface area contributed by atoms with Crippen molar-refractivity contribution in [3.05, 3.63) is 243 Å². The highest BCUT2D eigenvalue weighted by Crippen LogP contribution is 2.53. The number of furan rings is 2. The molecular formula is C70H40B2N6O2. The highest BCUT2D eigenvalue weighted by Gasteiger charge is 2.47. The van der Waals surface area contributed by atoms with E-state index >= 15 is 0 Å². The molecule has 0 atom stereocenters. The summed E-state index contributed by atoms with van der Waals surface area (Å²) in [4.78, 5) is 14.1. The summed E-state index contributed by atoms with van der Waals surface area (Å²) < 4.78 is 17.9. The van der Waals surface area contributed by atoms with Gasteiger partial charge in [0.15, 0.2) is 0 Å². The third-order valence-electron chi connectivity index (χ3n) is 17.7. The number of anilines is 4. The standard InChI is InChI=1S/2C35H20BN3O/c1-4-13-29-23(8-1)24-9-2-5-14-30(24)38-32-19-21(18-27-28-20-37-17-16-31(28)39(34(27)32)36(29)38)22-11-7-12-26-25-10-3-6-15-33(25)40-35(22)26;1-3-12-29-23(7-1)27-19-21(22-9-5-11-26-24-8-2-4-14-33(24)40-35(22)26)15-16-30(27)38-32-13-6-10-25-28-20-37-18-17-31(28)39(34(25)32)36(29)38/h2*1-20H. The van der Waals surface area contributed by atoms with Gasteiger partial charge in [0, 0.05) is 113 Å². The third-order valence-corrected chi connectivity index (χ3v) is 17.7. The summed E-state index contributed by atoms with van der Waals surface area (Å²) in [6, 6.07) is 78.6. The number of hydrogen-bond donors (Lipinski definition) is 0. The van der Waals surface area contributed by atoms with Gasteiger partial charge in [-0.05, 0) is 93.8 Å². The van der Waals surface area contributed by atoms with Gasteiger partial charge in [-0.15, -0.1) is 0 Å². The normalized spacial score (nSPS) is 13.4. The molecule has 4 aliphatic rings. The molecule has 80 heavy (non-hydrogen) atoms. The van der Waals surface area contributed by atoms with E-state index in [1.54, 1.807) is 0 Å². The summed E-state index contributed by atoms with van der Waals surface area (Å²) in [6.45, 7) is 0.0777. The SMILES string of the molecule is c1ccc2c(c1)B1N(c3ccc(-c4cccc5c4oc4ccccc45)cc3-2)c2cccc3c4cnccc4n1c23.c1ccc2c(c1)B1N(c3ccccc3-2)c2cc(-c3cccc4c3oc3ccccc34)cc3c4cnccc4n1c23. The Morgan fingerprint density at radius 1 is 0.312 bits per heavy atom. The summed E-state index contributed by atoms with van der Waals surface area (Å²) >= 11 is 0. The lowest BCUT2D eigenvalue weighted by Crippen LogP contribution is -2.51. The van der Waals surface area contributed by atoms with Crippen LogP contribution >= 0.6 is 0 Å². The van der Waals surface area contributed by atoms with Gasteiger partial charge in [0.05, 0.1) is 22.4 Å². The minimum absolute atomic E-state index is 0.0285.